The summed E-state index contributed by atoms with van der Waals surface area (Å²) in [5, 5.41) is 19.1. The molecule has 0 radical (unpaired) electrons. The number of anilines is 2. The number of nitrogens with two attached hydrogens (primary N) is 2. The van der Waals surface area contributed by atoms with Crippen molar-refractivity contribution in [3.63, 3.8) is 0 Å². The minimum absolute atomic E-state index is 0.324. The topological polar surface area (TPSA) is 92.5 Å². The van der Waals surface area contributed by atoms with E-state index in [0.29, 0.717) is 26.0 Å². The Morgan fingerprint density at radius 1 is 0.818 bits per heavy atom. The molecule has 0 spiro atoms. The maximum Gasteiger partial charge on any atom is 0.421 e. The second-order valence-electron chi connectivity index (χ2n) is 5.17. The Bertz CT molecular complexity index is 578. The van der Waals surface area contributed by atoms with Crippen molar-refractivity contribution in [3.8, 4) is 0 Å². The maximum absolute atomic E-state index is 12.9. The van der Waals surface area contributed by atoms with Gasteiger partial charge in [-0.15, -0.1) is 0 Å². The van der Waals surface area contributed by atoms with Gasteiger partial charge in [0.1, 0.15) is 0 Å². The molecule has 1 rings (SSSR count). The van der Waals surface area contributed by atoms with Gasteiger partial charge in [0.15, 0.2) is 11.2 Å². The first kappa shape index (κ1) is 18.4. The van der Waals surface area contributed by atoms with Gasteiger partial charge in [0.05, 0.1) is 11.4 Å². The van der Waals surface area contributed by atoms with E-state index >= 15 is 0 Å². The molecule has 4 nitrogen and oxygen atoms in total. The van der Waals surface area contributed by atoms with E-state index in [1.165, 1.54) is 0 Å². The Morgan fingerprint density at radius 3 is 1.59 bits per heavy atom. The smallest absolute Gasteiger partial charge is 0.397 e. The monoisotopic (exact) mass is 332 g/mol. The van der Waals surface area contributed by atoms with Crippen LogP contribution in [0.5, 0.6) is 0 Å². The van der Waals surface area contributed by atoms with E-state index in [0.717, 1.165) is 0 Å². The highest BCUT2D eigenvalue weighted by Gasteiger charge is 2.55. The van der Waals surface area contributed by atoms with Gasteiger partial charge in [0.25, 0.3) is 0 Å². The third-order valence-electron chi connectivity index (χ3n) is 3.40. The molecule has 0 heterocycles. The number of aliphatic hydroxyl groups is 2. The minimum atomic E-state index is -5.21. The highest BCUT2D eigenvalue weighted by molar-refractivity contribution is 5.70. The van der Waals surface area contributed by atoms with Crippen molar-refractivity contribution in [2.45, 2.75) is 37.4 Å². The predicted octanol–water partition coefficient (Wildman–Crippen LogP) is 2.39. The van der Waals surface area contributed by atoms with Crippen LogP contribution in [0, 0.1) is 0 Å². The lowest BCUT2D eigenvalue weighted by Crippen LogP contribution is -2.42. The zero-order valence-corrected chi connectivity index (χ0v) is 11.5. The standard InChI is InChI=1S/C12H14F6N2O2/c1-9(21,11(13,14)15)5-3-6(8(20)7(19)4-5)10(2,22)12(16,17)18/h3-4,21-22H,19-20H2,1-2H3. The van der Waals surface area contributed by atoms with Crippen molar-refractivity contribution in [3.05, 3.63) is 23.3 Å². The van der Waals surface area contributed by atoms with Gasteiger partial charge < -0.3 is 21.7 Å². The number of hydrogen-bond donors (Lipinski definition) is 4. The van der Waals surface area contributed by atoms with Crippen LogP contribution in [0.2, 0.25) is 0 Å². The van der Waals surface area contributed by atoms with Crippen LogP contribution >= 0.6 is 0 Å². The van der Waals surface area contributed by atoms with Gasteiger partial charge in [0.2, 0.25) is 0 Å². The summed E-state index contributed by atoms with van der Waals surface area (Å²) in [5.74, 6) is 0. The molecule has 0 aliphatic heterocycles. The number of alkyl halides is 6. The van der Waals surface area contributed by atoms with E-state index in [9.17, 15) is 36.6 Å². The summed E-state index contributed by atoms with van der Waals surface area (Å²) < 4.78 is 77.0. The van der Waals surface area contributed by atoms with E-state index < -0.39 is 46.1 Å². The fraction of sp³-hybridized carbons (Fsp3) is 0.500. The molecule has 0 amide bonds. The van der Waals surface area contributed by atoms with Crippen LogP contribution < -0.4 is 11.5 Å². The largest absolute Gasteiger partial charge is 0.421 e. The predicted molar refractivity (Wildman–Crippen MR) is 66.5 cm³/mol. The van der Waals surface area contributed by atoms with Crippen molar-refractivity contribution in [1.29, 1.82) is 0 Å². The zero-order chi connectivity index (χ0) is 17.7. The van der Waals surface area contributed by atoms with E-state index in [2.05, 4.69) is 0 Å². The molecule has 2 atom stereocenters. The lowest BCUT2D eigenvalue weighted by Gasteiger charge is -2.32. The molecule has 2 unspecified atom stereocenters. The molecule has 10 heteroatoms. The molecule has 0 saturated heterocycles. The summed E-state index contributed by atoms with van der Waals surface area (Å²) in [6, 6.07) is 0.950. The van der Waals surface area contributed by atoms with Crippen molar-refractivity contribution in [2.75, 3.05) is 11.5 Å². The Morgan fingerprint density at radius 2 is 1.23 bits per heavy atom. The van der Waals surface area contributed by atoms with Crippen LogP contribution in [-0.4, -0.2) is 22.6 Å². The molecule has 1 aromatic carbocycles. The van der Waals surface area contributed by atoms with Crippen molar-refractivity contribution >= 4 is 11.4 Å². The number of hydrogen-bond acceptors (Lipinski definition) is 4. The summed E-state index contributed by atoms with van der Waals surface area (Å²) in [6.45, 7) is 0.675. The summed E-state index contributed by atoms with van der Waals surface area (Å²) in [7, 11) is 0. The molecule has 0 aliphatic rings. The molecule has 0 aliphatic carbocycles. The molecule has 0 fully saturated rings. The molecule has 0 bridgehead atoms. The Kier molecular flexibility index (Phi) is 4.10. The fourth-order valence-corrected chi connectivity index (χ4v) is 1.68. The highest BCUT2D eigenvalue weighted by Crippen LogP contribution is 2.46. The van der Waals surface area contributed by atoms with E-state index in [-0.39, 0.29) is 0 Å². The molecule has 6 N–H and O–H groups in total. The summed E-state index contributed by atoms with van der Waals surface area (Å²) in [5.41, 5.74) is 0.274. The third-order valence-corrected chi connectivity index (χ3v) is 3.40. The second-order valence-corrected chi connectivity index (χ2v) is 5.17. The second kappa shape index (κ2) is 4.92. The quantitative estimate of drug-likeness (QED) is 0.494. The SMILES string of the molecule is CC(O)(c1cc(N)c(N)c(C(C)(O)C(F)(F)F)c1)C(F)(F)F. The Balaban J connectivity index is 3.65. The zero-order valence-electron chi connectivity index (χ0n) is 11.5. The molecule has 22 heavy (non-hydrogen) atoms. The molecule has 0 saturated carbocycles. The molecule has 1 aromatic rings. The van der Waals surface area contributed by atoms with Crippen LogP contribution in [0.4, 0.5) is 37.7 Å². The summed E-state index contributed by atoms with van der Waals surface area (Å²) in [6.07, 6.45) is -10.4. The van der Waals surface area contributed by atoms with Gasteiger partial charge in [-0.2, -0.15) is 26.3 Å². The van der Waals surface area contributed by atoms with E-state index in [4.69, 9.17) is 11.5 Å². The van der Waals surface area contributed by atoms with Gasteiger partial charge in [-0.25, -0.2) is 0 Å². The summed E-state index contributed by atoms with van der Waals surface area (Å²) in [4.78, 5) is 0. The van der Waals surface area contributed by atoms with E-state index in [1.54, 1.807) is 0 Å². The average molecular weight is 332 g/mol. The number of halogens is 6. The summed E-state index contributed by atoms with van der Waals surface area (Å²) >= 11 is 0. The third kappa shape index (κ3) is 2.80. The van der Waals surface area contributed by atoms with Crippen LogP contribution in [0.1, 0.15) is 25.0 Å². The van der Waals surface area contributed by atoms with Gasteiger partial charge in [-0.1, -0.05) is 0 Å². The number of benzene rings is 1. The van der Waals surface area contributed by atoms with Crippen molar-refractivity contribution < 1.29 is 36.6 Å². The van der Waals surface area contributed by atoms with E-state index in [1.807, 2.05) is 0 Å². The lowest BCUT2D eigenvalue weighted by molar-refractivity contribution is -0.261. The van der Waals surface area contributed by atoms with Crippen LogP contribution in [0.15, 0.2) is 12.1 Å². The first-order chi connectivity index (χ1) is 9.53. The van der Waals surface area contributed by atoms with Crippen LogP contribution in [0.3, 0.4) is 0 Å². The normalized spacial score (nSPS) is 18.6. The van der Waals surface area contributed by atoms with Gasteiger partial charge in [-0.05, 0) is 31.5 Å². The van der Waals surface area contributed by atoms with Crippen molar-refractivity contribution in [2.24, 2.45) is 0 Å². The Hall–Kier alpha value is -1.68. The molecule has 0 aromatic heterocycles. The van der Waals surface area contributed by atoms with Gasteiger partial charge >= 0.3 is 12.4 Å². The first-order valence-corrected chi connectivity index (χ1v) is 5.81. The van der Waals surface area contributed by atoms with Gasteiger partial charge in [-0.3, -0.25) is 0 Å². The highest BCUT2D eigenvalue weighted by atomic mass is 19.4. The lowest BCUT2D eigenvalue weighted by atomic mass is 9.86. The van der Waals surface area contributed by atoms with Gasteiger partial charge in [0, 0.05) is 5.56 Å². The fourth-order valence-electron chi connectivity index (χ4n) is 1.68. The van der Waals surface area contributed by atoms with Crippen molar-refractivity contribution in [1.82, 2.24) is 0 Å². The molecule has 126 valence electrons. The molecular weight excluding hydrogens is 318 g/mol. The van der Waals surface area contributed by atoms with Crippen LogP contribution in [0.25, 0.3) is 0 Å². The Labute approximate surface area is 121 Å². The average Bonchev–Trinajstić information content (AvgIpc) is 2.28. The van der Waals surface area contributed by atoms with Crippen LogP contribution in [-0.2, 0) is 11.2 Å². The number of nitrogen functional groups attached to an aromatic ring is 2. The first-order valence-electron chi connectivity index (χ1n) is 5.81. The molecular formula is C12H14F6N2O2. The minimum Gasteiger partial charge on any atom is -0.397 e. The number of rotatable bonds is 2. The maximum atomic E-state index is 12.9.